The second-order valence-electron chi connectivity index (χ2n) is 9.77. The van der Waals surface area contributed by atoms with Crippen LogP contribution in [-0.2, 0) is 16.6 Å². The van der Waals surface area contributed by atoms with Gasteiger partial charge in [-0.25, -0.2) is 0 Å². The van der Waals surface area contributed by atoms with Crippen LogP contribution in [0.3, 0.4) is 0 Å². The number of fused-ring (bicyclic) bond motifs is 3. The molecule has 6 nitrogen and oxygen atoms in total. The smallest absolute Gasteiger partial charge is 0.125 e. The molecule has 0 spiro atoms. The van der Waals surface area contributed by atoms with E-state index in [1.807, 2.05) is 53.7 Å². The van der Waals surface area contributed by atoms with E-state index in [9.17, 15) is 5.11 Å². The molecule has 0 unspecified atom stereocenters. The summed E-state index contributed by atoms with van der Waals surface area (Å²) < 4.78 is 0. The molecule has 3 fully saturated rings. The third kappa shape index (κ3) is 5.65. The summed E-state index contributed by atoms with van der Waals surface area (Å²) in [5, 5.41) is 10.4. The van der Waals surface area contributed by atoms with E-state index in [1.165, 1.54) is 39.3 Å². The molecule has 6 heteroatoms. The largest absolute Gasteiger partial charge is 0.507 e. The number of phenolic OH excluding ortho intramolecular Hbond substituents is 1. The number of hydrogen-bond donors (Lipinski definition) is 4. The quantitative estimate of drug-likeness (QED) is 0.638. The van der Waals surface area contributed by atoms with Crippen LogP contribution in [0.25, 0.3) is 0 Å². The van der Waals surface area contributed by atoms with E-state index in [4.69, 9.17) is 17.2 Å². The van der Waals surface area contributed by atoms with Gasteiger partial charge in [0.25, 0.3) is 0 Å². The third-order valence-corrected chi connectivity index (χ3v) is 5.44. The summed E-state index contributed by atoms with van der Waals surface area (Å²) in [5.41, 5.74) is 18.8. The van der Waals surface area contributed by atoms with E-state index in [0.717, 1.165) is 5.56 Å². The van der Waals surface area contributed by atoms with Gasteiger partial charge >= 0.3 is 0 Å². The lowest BCUT2D eigenvalue weighted by atomic mass is 9.81. The van der Waals surface area contributed by atoms with Crippen LogP contribution >= 0.6 is 0 Å². The molecule has 0 aromatic heterocycles. The molecule has 3 aliphatic heterocycles. The van der Waals surface area contributed by atoms with E-state index >= 15 is 0 Å². The van der Waals surface area contributed by atoms with Crippen molar-refractivity contribution in [1.29, 1.82) is 0 Å². The van der Waals surface area contributed by atoms with Gasteiger partial charge in [0, 0.05) is 67.0 Å². The summed E-state index contributed by atoms with van der Waals surface area (Å²) in [6, 6.07) is 3.73. The average Bonchev–Trinajstić information content (AvgIpc) is 2.54. The highest BCUT2D eigenvalue weighted by Crippen LogP contribution is 2.38. The maximum Gasteiger partial charge on any atom is 0.125 e. The number of rotatable bonds is 3. The monoisotopic (exact) mass is 377 g/mol. The minimum Gasteiger partial charge on any atom is -0.507 e. The highest BCUT2D eigenvalue weighted by Gasteiger charge is 2.29. The highest BCUT2D eigenvalue weighted by atomic mass is 16.3. The fourth-order valence-corrected chi connectivity index (χ4v) is 3.51. The maximum absolute atomic E-state index is 10.4. The Kier molecular flexibility index (Phi) is 6.29. The summed E-state index contributed by atoms with van der Waals surface area (Å²) in [6.07, 6.45) is 0. The van der Waals surface area contributed by atoms with Gasteiger partial charge in [-0.1, -0.05) is 0 Å². The molecular formula is C21H39N5O. The van der Waals surface area contributed by atoms with Crippen molar-refractivity contribution >= 4 is 0 Å². The van der Waals surface area contributed by atoms with Crippen molar-refractivity contribution in [2.45, 2.75) is 58.2 Å². The molecule has 1 aromatic carbocycles. The molecule has 0 aliphatic carbocycles. The molecule has 7 N–H and O–H groups in total. The van der Waals surface area contributed by atoms with Gasteiger partial charge in [0.15, 0.2) is 0 Å². The first-order valence-corrected chi connectivity index (χ1v) is 9.89. The van der Waals surface area contributed by atoms with Gasteiger partial charge < -0.3 is 22.3 Å². The topological polar surface area (TPSA) is 105 Å². The molecule has 4 rings (SSSR count). The Morgan fingerprint density at radius 1 is 0.667 bits per heavy atom. The van der Waals surface area contributed by atoms with E-state index in [0.29, 0.717) is 11.1 Å². The number of aromatic hydroxyl groups is 1. The Labute approximate surface area is 164 Å². The van der Waals surface area contributed by atoms with Crippen LogP contribution in [0.5, 0.6) is 5.75 Å². The van der Waals surface area contributed by atoms with Crippen molar-refractivity contribution in [3.8, 4) is 5.75 Å². The third-order valence-electron chi connectivity index (χ3n) is 5.44. The second-order valence-corrected chi connectivity index (χ2v) is 9.77. The molecular weight excluding hydrogens is 338 g/mol. The van der Waals surface area contributed by atoms with Crippen LogP contribution in [0, 0.1) is 0 Å². The lowest BCUT2D eigenvalue weighted by molar-refractivity contribution is 0.0647. The van der Waals surface area contributed by atoms with Crippen molar-refractivity contribution in [3.63, 3.8) is 0 Å². The van der Waals surface area contributed by atoms with Gasteiger partial charge in [0.2, 0.25) is 0 Å². The SMILES string of the molecule is C1CN2CCN1CC2.CC(C)(N)c1cc(C(C)(C)N)c(O)c(C(C)(C)N)c1. The number of benzene rings is 1. The fourth-order valence-electron chi connectivity index (χ4n) is 3.51. The minimum atomic E-state index is -0.661. The van der Waals surface area contributed by atoms with Gasteiger partial charge in [0.05, 0.1) is 0 Å². The minimum absolute atomic E-state index is 0.160. The van der Waals surface area contributed by atoms with Crippen molar-refractivity contribution in [3.05, 3.63) is 28.8 Å². The van der Waals surface area contributed by atoms with Gasteiger partial charge in [-0.3, -0.25) is 9.80 Å². The molecule has 154 valence electrons. The van der Waals surface area contributed by atoms with Crippen molar-refractivity contribution < 1.29 is 5.11 Å². The van der Waals surface area contributed by atoms with Crippen LogP contribution in [0.4, 0.5) is 0 Å². The number of nitrogens with zero attached hydrogens (tertiary/aromatic N) is 2. The molecule has 3 heterocycles. The zero-order valence-electron chi connectivity index (χ0n) is 18.0. The summed E-state index contributed by atoms with van der Waals surface area (Å²) in [6.45, 7) is 19.1. The Hall–Kier alpha value is -1.18. The molecule has 2 bridgehead atoms. The molecule has 3 aliphatic rings. The summed E-state index contributed by atoms with van der Waals surface area (Å²) >= 11 is 0. The molecule has 1 aromatic rings. The first kappa shape index (κ1) is 22.1. The van der Waals surface area contributed by atoms with Gasteiger partial charge in [-0.15, -0.1) is 0 Å². The number of nitrogens with two attached hydrogens (primary N) is 3. The number of phenols is 1. The molecule has 0 amide bonds. The Morgan fingerprint density at radius 3 is 1.15 bits per heavy atom. The summed E-state index contributed by atoms with van der Waals surface area (Å²) in [4.78, 5) is 5.08. The lowest BCUT2D eigenvalue weighted by Crippen LogP contribution is -2.55. The summed E-state index contributed by atoms with van der Waals surface area (Å²) in [7, 11) is 0. The molecule has 0 radical (unpaired) electrons. The highest BCUT2D eigenvalue weighted by molar-refractivity contribution is 5.50. The predicted molar refractivity (Wildman–Crippen MR) is 113 cm³/mol. The van der Waals surface area contributed by atoms with Crippen LogP contribution in [0.15, 0.2) is 12.1 Å². The zero-order chi connectivity index (χ0) is 20.6. The number of hydrogen-bond acceptors (Lipinski definition) is 6. The van der Waals surface area contributed by atoms with Crippen molar-refractivity contribution in [2.24, 2.45) is 17.2 Å². The van der Waals surface area contributed by atoms with E-state index in [-0.39, 0.29) is 5.75 Å². The van der Waals surface area contributed by atoms with Crippen LogP contribution in [0.2, 0.25) is 0 Å². The summed E-state index contributed by atoms with van der Waals surface area (Å²) in [5.74, 6) is 0.160. The Balaban J connectivity index is 0.000000266. The van der Waals surface area contributed by atoms with Gasteiger partial charge in [0.1, 0.15) is 5.75 Å². The van der Waals surface area contributed by atoms with Crippen molar-refractivity contribution in [2.75, 3.05) is 39.3 Å². The molecule has 3 saturated heterocycles. The predicted octanol–water partition coefficient (Wildman–Crippen LogP) is 1.59. The fraction of sp³-hybridized carbons (Fsp3) is 0.714. The normalized spacial score (nSPS) is 23.0. The molecule has 0 atom stereocenters. The number of piperazine rings is 3. The first-order valence-electron chi connectivity index (χ1n) is 9.89. The molecule has 27 heavy (non-hydrogen) atoms. The van der Waals surface area contributed by atoms with Gasteiger partial charge in [-0.2, -0.15) is 0 Å². The average molecular weight is 378 g/mol. The van der Waals surface area contributed by atoms with Gasteiger partial charge in [-0.05, 0) is 59.2 Å². The second kappa shape index (κ2) is 7.68. The lowest BCUT2D eigenvalue weighted by Gasteiger charge is -2.41. The first-order chi connectivity index (χ1) is 12.2. The maximum atomic E-state index is 10.4. The van der Waals surface area contributed by atoms with Crippen LogP contribution in [-0.4, -0.2) is 54.2 Å². The zero-order valence-corrected chi connectivity index (χ0v) is 18.0. The van der Waals surface area contributed by atoms with E-state index in [2.05, 4.69) is 9.80 Å². The Morgan fingerprint density at radius 2 is 0.963 bits per heavy atom. The van der Waals surface area contributed by atoms with E-state index < -0.39 is 16.6 Å². The Bertz CT molecular complexity index is 586. The van der Waals surface area contributed by atoms with Crippen molar-refractivity contribution in [1.82, 2.24) is 9.80 Å². The van der Waals surface area contributed by atoms with E-state index in [1.54, 1.807) is 0 Å². The standard InChI is InChI=1S/C15H27N3O.C6H12N2/c1-13(2,16)9-7-10(14(3,4)17)12(19)11(8-9)15(5,6)18;1-2-8-5-3-7(1)4-6-8/h7-8,19H,16-18H2,1-6H3;1-6H2. The van der Waals surface area contributed by atoms with Crippen LogP contribution in [0.1, 0.15) is 58.2 Å². The molecule has 0 saturated carbocycles. The van der Waals surface area contributed by atoms with Crippen LogP contribution < -0.4 is 17.2 Å².